The SMILES string of the molecule is CCC[C@]1(OC)C(C)CCC1(C)C. The quantitative estimate of drug-likeness (QED) is 0.651. The molecular formula is C12H24O. The number of rotatable bonds is 3. The summed E-state index contributed by atoms with van der Waals surface area (Å²) < 4.78 is 5.87. The molecule has 0 aromatic carbocycles. The maximum Gasteiger partial charge on any atom is 0.0754 e. The first-order valence-corrected chi connectivity index (χ1v) is 5.55. The van der Waals surface area contributed by atoms with Crippen molar-refractivity contribution in [1.29, 1.82) is 0 Å². The van der Waals surface area contributed by atoms with E-state index in [-0.39, 0.29) is 5.60 Å². The van der Waals surface area contributed by atoms with Crippen LogP contribution in [0, 0.1) is 11.3 Å². The third-order valence-electron chi connectivity index (χ3n) is 4.13. The summed E-state index contributed by atoms with van der Waals surface area (Å²) in [7, 11) is 1.89. The summed E-state index contributed by atoms with van der Waals surface area (Å²) in [6.45, 7) is 9.31. The minimum atomic E-state index is 0.141. The fourth-order valence-corrected chi connectivity index (χ4v) is 3.22. The molecule has 1 aliphatic carbocycles. The van der Waals surface area contributed by atoms with Crippen molar-refractivity contribution in [1.82, 2.24) is 0 Å². The van der Waals surface area contributed by atoms with Gasteiger partial charge >= 0.3 is 0 Å². The Morgan fingerprint density at radius 3 is 2.31 bits per heavy atom. The molecular weight excluding hydrogens is 160 g/mol. The topological polar surface area (TPSA) is 9.23 Å². The van der Waals surface area contributed by atoms with E-state index in [0.717, 1.165) is 0 Å². The van der Waals surface area contributed by atoms with Crippen LogP contribution in [0.1, 0.15) is 53.4 Å². The summed E-state index contributed by atoms with van der Waals surface area (Å²) in [5, 5.41) is 0. The summed E-state index contributed by atoms with van der Waals surface area (Å²) in [4.78, 5) is 0. The standard InChI is InChI=1S/C12H24O/c1-6-8-12(13-5)10(2)7-9-11(12,3)4/h10H,6-9H2,1-5H3/t10?,12-/m0/s1. The first-order chi connectivity index (χ1) is 6.00. The normalized spacial score (nSPS) is 38.1. The summed E-state index contributed by atoms with van der Waals surface area (Å²) in [5.41, 5.74) is 0.499. The lowest BCUT2D eigenvalue weighted by atomic mass is 9.72. The van der Waals surface area contributed by atoms with Crippen LogP contribution < -0.4 is 0 Å². The minimum Gasteiger partial charge on any atom is -0.377 e. The molecule has 0 aromatic heterocycles. The Labute approximate surface area is 82.9 Å². The monoisotopic (exact) mass is 184 g/mol. The van der Waals surface area contributed by atoms with Crippen molar-refractivity contribution in [3.05, 3.63) is 0 Å². The van der Waals surface area contributed by atoms with Crippen LogP contribution in [0.2, 0.25) is 0 Å². The van der Waals surface area contributed by atoms with Crippen molar-refractivity contribution >= 4 is 0 Å². The second kappa shape index (κ2) is 3.61. The largest absolute Gasteiger partial charge is 0.377 e. The molecule has 0 amide bonds. The highest BCUT2D eigenvalue weighted by molar-refractivity contribution is 5.03. The van der Waals surface area contributed by atoms with Crippen LogP contribution >= 0.6 is 0 Å². The molecule has 78 valence electrons. The van der Waals surface area contributed by atoms with Crippen molar-refractivity contribution in [2.75, 3.05) is 7.11 Å². The molecule has 2 atom stereocenters. The van der Waals surface area contributed by atoms with E-state index in [9.17, 15) is 0 Å². The molecule has 0 N–H and O–H groups in total. The third kappa shape index (κ3) is 1.52. The molecule has 1 saturated carbocycles. The molecule has 1 aliphatic rings. The average molecular weight is 184 g/mol. The lowest BCUT2D eigenvalue weighted by Crippen LogP contribution is -2.46. The van der Waals surface area contributed by atoms with E-state index in [1.807, 2.05) is 7.11 Å². The zero-order valence-electron chi connectivity index (χ0n) is 9.81. The molecule has 1 fully saturated rings. The third-order valence-corrected chi connectivity index (χ3v) is 4.13. The summed E-state index contributed by atoms with van der Waals surface area (Å²) >= 11 is 0. The highest BCUT2D eigenvalue weighted by Crippen LogP contribution is 2.53. The molecule has 0 aromatic rings. The van der Waals surface area contributed by atoms with Gasteiger partial charge < -0.3 is 4.74 Å². The molecule has 0 bridgehead atoms. The van der Waals surface area contributed by atoms with E-state index in [1.54, 1.807) is 0 Å². The predicted molar refractivity (Wildman–Crippen MR) is 56.8 cm³/mol. The number of ether oxygens (including phenoxy) is 1. The van der Waals surface area contributed by atoms with Gasteiger partial charge in [0.1, 0.15) is 0 Å². The molecule has 0 radical (unpaired) electrons. The van der Waals surface area contributed by atoms with Crippen molar-refractivity contribution in [2.24, 2.45) is 11.3 Å². The molecule has 0 spiro atoms. The van der Waals surface area contributed by atoms with Crippen LogP contribution in [-0.4, -0.2) is 12.7 Å². The van der Waals surface area contributed by atoms with Gasteiger partial charge in [-0.1, -0.05) is 34.1 Å². The number of hydrogen-bond donors (Lipinski definition) is 0. The highest BCUT2D eigenvalue weighted by atomic mass is 16.5. The molecule has 1 rings (SSSR count). The van der Waals surface area contributed by atoms with Crippen LogP contribution in [0.3, 0.4) is 0 Å². The lowest BCUT2D eigenvalue weighted by molar-refractivity contribution is -0.110. The summed E-state index contributed by atoms with van der Waals surface area (Å²) in [6, 6.07) is 0. The molecule has 13 heavy (non-hydrogen) atoms. The first kappa shape index (κ1) is 11.0. The molecule has 0 heterocycles. The van der Waals surface area contributed by atoms with Gasteiger partial charge in [-0.05, 0) is 30.6 Å². The maximum atomic E-state index is 5.87. The summed E-state index contributed by atoms with van der Waals surface area (Å²) in [6.07, 6.45) is 5.06. The Balaban J connectivity index is 2.91. The van der Waals surface area contributed by atoms with Crippen molar-refractivity contribution in [3.63, 3.8) is 0 Å². The van der Waals surface area contributed by atoms with Gasteiger partial charge in [0, 0.05) is 7.11 Å². The van der Waals surface area contributed by atoms with Gasteiger partial charge in [-0.2, -0.15) is 0 Å². The predicted octanol–water partition coefficient (Wildman–Crippen LogP) is 3.63. The highest BCUT2D eigenvalue weighted by Gasteiger charge is 2.52. The van der Waals surface area contributed by atoms with Crippen LogP contribution in [0.15, 0.2) is 0 Å². The van der Waals surface area contributed by atoms with Gasteiger partial charge in [-0.3, -0.25) is 0 Å². The Bertz CT molecular complexity index is 174. The van der Waals surface area contributed by atoms with Gasteiger partial charge in [-0.15, -0.1) is 0 Å². The Morgan fingerprint density at radius 1 is 1.38 bits per heavy atom. The van der Waals surface area contributed by atoms with Crippen molar-refractivity contribution in [2.45, 2.75) is 59.0 Å². The van der Waals surface area contributed by atoms with Gasteiger partial charge in [-0.25, -0.2) is 0 Å². The number of hydrogen-bond acceptors (Lipinski definition) is 1. The van der Waals surface area contributed by atoms with E-state index >= 15 is 0 Å². The van der Waals surface area contributed by atoms with Crippen LogP contribution in [0.5, 0.6) is 0 Å². The van der Waals surface area contributed by atoms with Gasteiger partial charge in [0.05, 0.1) is 5.60 Å². The van der Waals surface area contributed by atoms with Gasteiger partial charge in [0.15, 0.2) is 0 Å². The zero-order valence-corrected chi connectivity index (χ0v) is 9.81. The zero-order chi connectivity index (χ0) is 10.1. The van der Waals surface area contributed by atoms with E-state index < -0.39 is 0 Å². The van der Waals surface area contributed by atoms with Gasteiger partial charge in [0.2, 0.25) is 0 Å². The van der Waals surface area contributed by atoms with E-state index in [0.29, 0.717) is 11.3 Å². The Kier molecular flexibility index (Phi) is 3.06. The maximum absolute atomic E-state index is 5.87. The fraction of sp³-hybridized carbons (Fsp3) is 1.00. The Morgan fingerprint density at radius 2 is 2.00 bits per heavy atom. The van der Waals surface area contributed by atoms with E-state index in [1.165, 1.54) is 25.7 Å². The molecule has 1 nitrogen and oxygen atoms in total. The summed E-state index contributed by atoms with van der Waals surface area (Å²) in [5.74, 6) is 0.715. The molecule has 0 aliphatic heterocycles. The minimum absolute atomic E-state index is 0.141. The van der Waals surface area contributed by atoms with Crippen molar-refractivity contribution in [3.8, 4) is 0 Å². The van der Waals surface area contributed by atoms with E-state index in [4.69, 9.17) is 4.74 Å². The van der Waals surface area contributed by atoms with Crippen molar-refractivity contribution < 1.29 is 4.74 Å². The lowest BCUT2D eigenvalue weighted by Gasteiger charge is -2.43. The smallest absolute Gasteiger partial charge is 0.0754 e. The second-order valence-electron chi connectivity index (χ2n) is 5.17. The van der Waals surface area contributed by atoms with Gasteiger partial charge in [0.25, 0.3) is 0 Å². The van der Waals surface area contributed by atoms with Crippen LogP contribution in [0.4, 0.5) is 0 Å². The molecule has 0 saturated heterocycles. The Hall–Kier alpha value is -0.0400. The number of methoxy groups -OCH3 is 1. The van der Waals surface area contributed by atoms with Crippen LogP contribution in [0.25, 0.3) is 0 Å². The van der Waals surface area contributed by atoms with E-state index in [2.05, 4.69) is 27.7 Å². The fourth-order valence-electron chi connectivity index (χ4n) is 3.22. The second-order valence-corrected chi connectivity index (χ2v) is 5.17. The molecule has 1 heteroatoms. The molecule has 1 unspecified atom stereocenters. The first-order valence-electron chi connectivity index (χ1n) is 5.55. The average Bonchev–Trinajstić information content (AvgIpc) is 2.29. The van der Waals surface area contributed by atoms with Crippen LogP contribution in [-0.2, 0) is 4.74 Å².